The van der Waals surface area contributed by atoms with Gasteiger partial charge in [0.15, 0.2) is 0 Å². The zero-order valence-electron chi connectivity index (χ0n) is 20.2. The monoisotopic (exact) mass is 485 g/mol. The lowest BCUT2D eigenvalue weighted by Gasteiger charge is -2.25. The van der Waals surface area contributed by atoms with Crippen LogP contribution in [-0.4, -0.2) is 52.6 Å². The van der Waals surface area contributed by atoms with Crippen LogP contribution in [0.25, 0.3) is 10.1 Å². The lowest BCUT2D eigenvalue weighted by molar-refractivity contribution is -0.131. The first-order valence-electron chi connectivity index (χ1n) is 13.1. The number of rotatable bonds is 5. The van der Waals surface area contributed by atoms with Crippen LogP contribution in [0, 0.1) is 18.8 Å². The fourth-order valence-electron chi connectivity index (χ4n) is 5.98. The number of benzene rings is 1. The summed E-state index contributed by atoms with van der Waals surface area (Å²) in [6.45, 7) is 4.45. The number of fused-ring (bicyclic) bond motifs is 1. The van der Waals surface area contributed by atoms with Crippen LogP contribution >= 0.6 is 11.3 Å². The Morgan fingerprint density at radius 3 is 2.80 bits per heavy atom. The summed E-state index contributed by atoms with van der Waals surface area (Å²) in [7, 11) is 0. The maximum atomic E-state index is 13.4. The number of carbonyl (C=O) groups excluding carboxylic acids is 2. The minimum atomic E-state index is -0.495. The van der Waals surface area contributed by atoms with Crippen LogP contribution in [0.15, 0.2) is 53.1 Å². The first-order valence-corrected chi connectivity index (χ1v) is 13.9. The Balaban J connectivity index is 1.07. The highest BCUT2D eigenvalue weighted by atomic mass is 32.1. The SMILES string of the molecule is Cc1cc2cc(C3C=CC(C4=NC5(CC5)C(=O)N4C[C@@H]4CCN(C(=O)C5CC5)C4)=CC3)ccc2s1. The van der Waals surface area contributed by atoms with Crippen molar-refractivity contribution in [1.82, 2.24) is 9.80 Å². The molecule has 35 heavy (non-hydrogen) atoms. The predicted octanol–water partition coefficient (Wildman–Crippen LogP) is 5.21. The molecule has 3 fully saturated rings. The Morgan fingerprint density at radius 2 is 2.06 bits per heavy atom. The van der Waals surface area contributed by atoms with Crippen LogP contribution in [0.5, 0.6) is 0 Å². The number of nitrogens with zero attached hydrogens (tertiary/aromatic N) is 3. The first-order chi connectivity index (χ1) is 17.0. The molecular weight excluding hydrogens is 454 g/mol. The number of thiophene rings is 1. The molecule has 1 aromatic heterocycles. The average Bonchev–Trinajstić information content (AvgIpc) is 3.76. The molecule has 2 aliphatic heterocycles. The molecule has 1 spiro atoms. The van der Waals surface area contributed by atoms with Crippen molar-refractivity contribution in [2.45, 2.75) is 56.9 Å². The van der Waals surface area contributed by atoms with E-state index in [0.717, 1.165) is 63.0 Å². The molecule has 0 N–H and O–H groups in total. The maximum absolute atomic E-state index is 13.4. The molecule has 2 aromatic rings. The molecule has 5 aliphatic rings. The Morgan fingerprint density at radius 1 is 1.20 bits per heavy atom. The van der Waals surface area contributed by atoms with Gasteiger partial charge in [0.1, 0.15) is 11.4 Å². The van der Waals surface area contributed by atoms with Crippen LogP contribution in [0.3, 0.4) is 0 Å². The molecule has 5 nitrogen and oxygen atoms in total. The van der Waals surface area contributed by atoms with Gasteiger partial charge in [-0.15, -0.1) is 11.3 Å². The van der Waals surface area contributed by atoms with E-state index in [9.17, 15) is 9.59 Å². The fraction of sp³-hybridized carbons (Fsp3) is 0.483. The van der Waals surface area contributed by atoms with Crippen molar-refractivity contribution >= 4 is 39.1 Å². The van der Waals surface area contributed by atoms with Gasteiger partial charge in [-0.2, -0.15) is 0 Å². The molecule has 3 aliphatic carbocycles. The van der Waals surface area contributed by atoms with E-state index in [4.69, 9.17) is 4.99 Å². The average molecular weight is 486 g/mol. The summed E-state index contributed by atoms with van der Waals surface area (Å²) < 4.78 is 1.34. The number of likely N-dealkylation sites (tertiary alicyclic amines) is 1. The minimum absolute atomic E-state index is 0.175. The Kier molecular flexibility index (Phi) is 4.86. The van der Waals surface area contributed by atoms with Crippen molar-refractivity contribution in [3.8, 4) is 0 Å². The first kappa shape index (κ1) is 21.5. The van der Waals surface area contributed by atoms with Crippen LogP contribution in [0.4, 0.5) is 0 Å². The van der Waals surface area contributed by atoms with Gasteiger partial charge < -0.3 is 4.90 Å². The quantitative estimate of drug-likeness (QED) is 0.584. The second-order valence-corrected chi connectivity index (χ2v) is 12.4. The number of hydrogen-bond acceptors (Lipinski definition) is 4. The van der Waals surface area contributed by atoms with Crippen molar-refractivity contribution in [2.75, 3.05) is 19.6 Å². The molecule has 180 valence electrons. The molecule has 1 unspecified atom stereocenters. The number of amidine groups is 1. The number of hydrogen-bond donors (Lipinski definition) is 0. The number of carbonyl (C=O) groups is 2. The van der Waals surface area contributed by atoms with Crippen molar-refractivity contribution in [2.24, 2.45) is 16.8 Å². The normalized spacial score (nSPS) is 27.2. The van der Waals surface area contributed by atoms with Gasteiger partial charge >= 0.3 is 0 Å². The van der Waals surface area contributed by atoms with Crippen LogP contribution in [-0.2, 0) is 9.59 Å². The van der Waals surface area contributed by atoms with E-state index in [1.807, 2.05) is 21.1 Å². The van der Waals surface area contributed by atoms with Gasteiger partial charge in [0.25, 0.3) is 5.91 Å². The molecule has 0 radical (unpaired) electrons. The zero-order chi connectivity index (χ0) is 23.7. The summed E-state index contributed by atoms with van der Waals surface area (Å²) in [5.74, 6) is 2.31. The highest BCUT2D eigenvalue weighted by Crippen LogP contribution is 2.47. The molecular formula is C29H31N3O2S. The summed E-state index contributed by atoms with van der Waals surface area (Å²) >= 11 is 1.84. The highest BCUT2D eigenvalue weighted by molar-refractivity contribution is 7.19. The van der Waals surface area contributed by atoms with Gasteiger partial charge in [-0.25, -0.2) is 0 Å². The fourth-order valence-corrected chi connectivity index (χ4v) is 6.88. The smallest absolute Gasteiger partial charge is 0.256 e. The third-order valence-electron chi connectivity index (χ3n) is 8.36. The van der Waals surface area contributed by atoms with Crippen molar-refractivity contribution in [3.63, 3.8) is 0 Å². The van der Waals surface area contributed by atoms with Crippen molar-refractivity contribution in [3.05, 3.63) is 58.5 Å². The van der Waals surface area contributed by atoms with E-state index < -0.39 is 5.54 Å². The third kappa shape index (κ3) is 3.77. The third-order valence-corrected chi connectivity index (χ3v) is 9.39. The number of aryl methyl sites for hydroxylation is 1. The van der Waals surface area contributed by atoms with Crippen LogP contribution in [0.2, 0.25) is 0 Å². The number of allylic oxidation sites excluding steroid dienone is 2. The molecule has 3 heterocycles. The van der Waals surface area contributed by atoms with Gasteiger partial charge in [-0.1, -0.05) is 24.3 Å². The molecule has 6 heteroatoms. The summed E-state index contributed by atoms with van der Waals surface area (Å²) in [6, 6.07) is 9.09. The standard InChI is InChI=1S/C29H31N3O2S/c1-18-14-24-15-23(8-9-25(24)35-18)20-2-4-21(5-3-20)26-30-29(11-12-29)28(34)32(26)17-19-10-13-31(16-19)27(33)22-6-7-22/h2,4-5,8-9,14-15,19-20,22H,3,6-7,10-13,16-17H2,1H3/t19-,20?/m1/s1. The molecule has 7 rings (SSSR count). The number of aliphatic imine (C=N–C) groups is 1. The summed E-state index contributed by atoms with van der Waals surface area (Å²) in [5.41, 5.74) is 1.92. The van der Waals surface area contributed by atoms with E-state index in [1.165, 1.54) is 20.5 Å². The summed E-state index contributed by atoms with van der Waals surface area (Å²) in [4.78, 5) is 36.2. The van der Waals surface area contributed by atoms with Crippen LogP contribution < -0.4 is 0 Å². The second kappa shape index (κ2) is 7.89. The van der Waals surface area contributed by atoms with E-state index in [2.05, 4.69) is 49.4 Å². The van der Waals surface area contributed by atoms with Gasteiger partial charge in [0, 0.05) is 46.6 Å². The van der Waals surface area contributed by atoms with Gasteiger partial charge in [0.2, 0.25) is 5.91 Å². The molecule has 2 amide bonds. The second-order valence-electron chi connectivity index (χ2n) is 11.1. The molecule has 2 atom stereocenters. The Bertz CT molecular complexity index is 1330. The zero-order valence-corrected chi connectivity index (χ0v) is 21.0. The van der Waals surface area contributed by atoms with Gasteiger partial charge in [0.05, 0.1) is 0 Å². The van der Waals surface area contributed by atoms with E-state index in [-0.39, 0.29) is 11.8 Å². The molecule has 0 bridgehead atoms. The number of amides is 2. The highest BCUT2D eigenvalue weighted by Gasteiger charge is 2.57. The van der Waals surface area contributed by atoms with Crippen LogP contribution in [0.1, 0.15) is 54.9 Å². The molecule has 1 saturated heterocycles. The topological polar surface area (TPSA) is 53.0 Å². The summed E-state index contributed by atoms with van der Waals surface area (Å²) in [6.07, 6.45) is 12.4. The van der Waals surface area contributed by atoms with Crippen molar-refractivity contribution < 1.29 is 9.59 Å². The van der Waals surface area contributed by atoms with E-state index in [0.29, 0.717) is 24.3 Å². The lowest BCUT2D eigenvalue weighted by atomic mass is 9.89. The van der Waals surface area contributed by atoms with Crippen molar-refractivity contribution in [1.29, 1.82) is 0 Å². The Labute approximate surface area is 210 Å². The maximum Gasteiger partial charge on any atom is 0.256 e. The molecule has 1 aromatic carbocycles. The Hall–Kier alpha value is -2.73. The molecule has 2 saturated carbocycles. The predicted molar refractivity (Wildman–Crippen MR) is 140 cm³/mol. The van der Waals surface area contributed by atoms with Gasteiger partial charge in [-0.05, 0) is 80.5 Å². The largest absolute Gasteiger partial charge is 0.342 e. The van der Waals surface area contributed by atoms with E-state index >= 15 is 0 Å². The van der Waals surface area contributed by atoms with Gasteiger partial charge in [-0.3, -0.25) is 19.5 Å². The lowest BCUT2D eigenvalue weighted by Crippen LogP contribution is -2.41. The minimum Gasteiger partial charge on any atom is -0.342 e. The summed E-state index contributed by atoms with van der Waals surface area (Å²) in [5, 5.41) is 1.33. The van der Waals surface area contributed by atoms with E-state index in [1.54, 1.807) is 0 Å².